The van der Waals surface area contributed by atoms with Crippen LogP contribution in [0.5, 0.6) is 5.75 Å². The van der Waals surface area contributed by atoms with Gasteiger partial charge in [-0.1, -0.05) is 23.7 Å². The fourth-order valence-electron chi connectivity index (χ4n) is 3.43. The molecule has 7 nitrogen and oxygen atoms in total. The van der Waals surface area contributed by atoms with Gasteiger partial charge >= 0.3 is 0 Å². The Morgan fingerprint density at radius 1 is 1.23 bits per heavy atom. The van der Waals surface area contributed by atoms with Crippen molar-refractivity contribution in [3.63, 3.8) is 0 Å². The van der Waals surface area contributed by atoms with Crippen molar-refractivity contribution in [3.05, 3.63) is 53.6 Å². The Balaban J connectivity index is 1.58. The van der Waals surface area contributed by atoms with Gasteiger partial charge in [0.15, 0.2) is 5.96 Å². The van der Waals surface area contributed by atoms with Gasteiger partial charge in [0, 0.05) is 31.4 Å². The first kappa shape index (κ1) is 21.8. The van der Waals surface area contributed by atoms with Crippen molar-refractivity contribution < 1.29 is 9.90 Å². The van der Waals surface area contributed by atoms with Crippen LogP contribution >= 0.6 is 11.6 Å². The highest BCUT2D eigenvalue weighted by atomic mass is 35.5. The van der Waals surface area contributed by atoms with Crippen LogP contribution in [-0.4, -0.2) is 49.2 Å². The van der Waals surface area contributed by atoms with Crippen molar-refractivity contribution in [1.82, 2.24) is 10.6 Å². The van der Waals surface area contributed by atoms with Crippen LogP contribution in [0, 0.1) is 0 Å². The number of piperidine rings is 1. The molecular formula is C22H28ClN5O2. The SMILES string of the molecule is CCNC(=NCC(=O)Nc1ccc(O)cc1)NC1CCCN(c2ccccc2Cl)C1. The summed E-state index contributed by atoms with van der Waals surface area (Å²) in [6.45, 7) is 4.46. The average molecular weight is 430 g/mol. The van der Waals surface area contributed by atoms with Gasteiger partial charge in [0.1, 0.15) is 12.3 Å². The maximum absolute atomic E-state index is 12.2. The van der Waals surface area contributed by atoms with E-state index in [1.165, 1.54) is 12.1 Å². The van der Waals surface area contributed by atoms with E-state index in [0.29, 0.717) is 18.2 Å². The highest BCUT2D eigenvalue weighted by molar-refractivity contribution is 6.33. The number of aromatic hydroxyl groups is 1. The fourth-order valence-corrected chi connectivity index (χ4v) is 3.69. The molecule has 1 heterocycles. The molecule has 1 aliphatic rings. The first-order valence-electron chi connectivity index (χ1n) is 10.2. The summed E-state index contributed by atoms with van der Waals surface area (Å²) in [6, 6.07) is 14.4. The van der Waals surface area contributed by atoms with Crippen molar-refractivity contribution in [3.8, 4) is 5.75 Å². The molecule has 0 aromatic heterocycles. The van der Waals surface area contributed by atoms with Gasteiger partial charge in [-0.25, -0.2) is 4.99 Å². The van der Waals surface area contributed by atoms with Crippen LogP contribution in [0.2, 0.25) is 5.02 Å². The molecule has 1 fully saturated rings. The molecule has 0 aliphatic carbocycles. The lowest BCUT2D eigenvalue weighted by atomic mass is 10.0. The molecule has 1 amide bonds. The number of carbonyl (C=O) groups is 1. The number of phenolic OH excluding ortho intramolecular Hbond substituents is 1. The number of nitrogens with one attached hydrogen (secondary N) is 3. The molecule has 2 aromatic carbocycles. The van der Waals surface area contributed by atoms with Crippen LogP contribution in [-0.2, 0) is 4.79 Å². The van der Waals surface area contributed by atoms with Crippen molar-refractivity contribution in [2.24, 2.45) is 4.99 Å². The molecule has 30 heavy (non-hydrogen) atoms. The van der Waals surface area contributed by atoms with Crippen LogP contribution in [0.1, 0.15) is 19.8 Å². The predicted molar refractivity (Wildman–Crippen MR) is 123 cm³/mol. The Labute approximate surface area is 182 Å². The average Bonchev–Trinajstić information content (AvgIpc) is 2.74. The quantitative estimate of drug-likeness (QED) is 0.321. The number of hydrogen-bond acceptors (Lipinski definition) is 4. The van der Waals surface area contributed by atoms with Crippen LogP contribution in [0.4, 0.5) is 11.4 Å². The van der Waals surface area contributed by atoms with Crippen molar-refractivity contribution >= 4 is 34.8 Å². The van der Waals surface area contributed by atoms with Gasteiger partial charge in [0.2, 0.25) is 5.91 Å². The number of aliphatic imine (C=N–C) groups is 1. The minimum Gasteiger partial charge on any atom is -0.508 e. The normalized spacial score (nSPS) is 16.8. The van der Waals surface area contributed by atoms with E-state index in [2.05, 4.69) is 25.8 Å². The molecule has 1 unspecified atom stereocenters. The molecule has 1 aliphatic heterocycles. The number of guanidine groups is 1. The molecule has 0 bridgehead atoms. The fraction of sp³-hybridized carbons (Fsp3) is 0.364. The van der Waals surface area contributed by atoms with Gasteiger partial charge in [-0.3, -0.25) is 4.79 Å². The molecule has 8 heteroatoms. The third-order valence-electron chi connectivity index (χ3n) is 4.83. The zero-order valence-corrected chi connectivity index (χ0v) is 17.8. The Kier molecular flexibility index (Phi) is 7.79. The Morgan fingerprint density at radius 2 is 2.00 bits per heavy atom. The van der Waals surface area contributed by atoms with E-state index in [-0.39, 0.29) is 24.2 Å². The van der Waals surface area contributed by atoms with E-state index in [4.69, 9.17) is 11.6 Å². The van der Waals surface area contributed by atoms with Crippen LogP contribution in [0.3, 0.4) is 0 Å². The molecule has 4 N–H and O–H groups in total. The molecule has 1 saturated heterocycles. The Morgan fingerprint density at radius 3 is 2.73 bits per heavy atom. The first-order chi connectivity index (χ1) is 14.5. The summed E-state index contributed by atoms with van der Waals surface area (Å²) in [6.07, 6.45) is 2.06. The lowest BCUT2D eigenvalue weighted by molar-refractivity contribution is -0.114. The Bertz CT molecular complexity index is 872. The van der Waals surface area contributed by atoms with E-state index < -0.39 is 0 Å². The van der Waals surface area contributed by atoms with Crippen molar-refractivity contribution in [2.75, 3.05) is 36.4 Å². The second kappa shape index (κ2) is 10.7. The number of halogens is 1. The predicted octanol–water partition coefficient (Wildman–Crippen LogP) is 3.21. The Hall–Kier alpha value is -2.93. The number of anilines is 2. The number of rotatable bonds is 6. The topological polar surface area (TPSA) is 89.0 Å². The van der Waals surface area contributed by atoms with E-state index >= 15 is 0 Å². The number of benzene rings is 2. The van der Waals surface area contributed by atoms with E-state index in [9.17, 15) is 9.90 Å². The molecule has 1 atom stereocenters. The van der Waals surface area contributed by atoms with E-state index in [1.54, 1.807) is 12.1 Å². The van der Waals surface area contributed by atoms with E-state index in [1.807, 2.05) is 31.2 Å². The maximum atomic E-state index is 12.2. The molecule has 0 saturated carbocycles. The minimum absolute atomic E-state index is 0.00282. The number of carbonyl (C=O) groups excluding carboxylic acids is 1. The lowest BCUT2D eigenvalue weighted by Crippen LogP contribution is -2.51. The summed E-state index contributed by atoms with van der Waals surface area (Å²) >= 11 is 6.36. The second-order valence-corrected chi connectivity index (χ2v) is 7.58. The van der Waals surface area contributed by atoms with E-state index in [0.717, 1.165) is 36.6 Å². The van der Waals surface area contributed by atoms with Crippen molar-refractivity contribution in [2.45, 2.75) is 25.8 Å². The highest BCUT2D eigenvalue weighted by Crippen LogP contribution is 2.27. The molecule has 0 radical (unpaired) electrons. The number of para-hydroxylation sites is 1. The number of phenols is 1. The summed E-state index contributed by atoms with van der Waals surface area (Å²) in [5.41, 5.74) is 1.66. The van der Waals surface area contributed by atoms with Crippen LogP contribution in [0.25, 0.3) is 0 Å². The van der Waals surface area contributed by atoms with Gasteiger partial charge in [0.05, 0.1) is 10.7 Å². The number of nitrogens with zero attached hydrogens (tertiary/aromatic N) is 2. The number of hydrogen-bond donors (Lipinski definition) is 4. The summed E-state index contributed by atoms with van der Waals surface area (Å²) in [7, 11) is 0. The molecular weight excluding hydrogens is 402 g/mol. The summed E-state index contributed by atoms with van der Waals surface area (Å²) in [5.74, 6) is 0.548. The number of amides is 1. The molecule has 2 aromatic rings. The minimum atomic E-state index is -0.223. The molecule has 3 rings (SSSR count). The first-order valence-corrected chi connectivity index (χ1v) is 10.6. The van der Waals surface area contributed by atoms with Gasteiger partial charge in [-0.15, -0.1) is 0 Å². The second-order valence-electron chi connectivity index (χ2n) is 7.17. The van der Waals surface area contributed by atoms with Gasteiger partial charge in [-0.05, 0) is 56.2 Å². The standard InChI is InChI=1S/C22H28ClN5O2/c1-2-24-22(25-14-21(30)26-16-9-11-18(29)12-10-16)27-17-6-5-13-28(15-17)20-8-4-3-7-19(20)23/h3-4,7-12,17,29H,2,5-6,13-15H2,1H3,(H,26,30)(H2,24,25,27). The smallest absolute Gasteiger partial charge is 0.246 e. The third-order valence-corrected chi connectivity index (χ3v) is 5.15. The maximum Gasteiger partial charge on any atom is 0.246 e. The van der Waals surface area contributed by atoms with Crippen LogP contribution < -0.4 is 20.9 Å². The zero-order valence-electron chi connectivity index (χ0n) is 17.1. The summed E-state index contributed by atoms with van der Waals surface area (Å²) < 4.78 is 0. The summed E-state index contributed by atoms with van der Waals surface area (Å²) in [4.78, 5) is 18.9. The van der Waals surface area contributed by atoms with Gasteiger partial charge < -0.3 is 26.0 Å². The largest absolute Gasteiger partial charge is 0.508 e. The lowest BCUT2D eigenvalue weighted by Gasteiger charge is -2.35. The highest BCUT2D eigenvalue weighted by Gasteiger charge is 2.22. The van der Waals surface area contributed by atoms with Gasteiger partial charge in [0.25, 0.3) is 0 Å². The zero-order chi connectivity index (χ0) is 21.3. The molecule has 0 spiro atoms. The summed E-state index contributed by atoms with van der Waals surface area (Å²) in [5, 5.41) is 19.5. The monoisotopic (exact) mass is 429 g/mol. The molecule has 160 valence electrons. The third kappa shape index (κ3) is 6.29. The van der Waals surface area contributed by atoms with Crippen molar-refractivity contribution in [1.29, 1.82) is 0 Å². The van der Waals surface area contributed by atoms with Gasteiger partial charge in [-0.2, -0.15) is 0 Å². The van der Waals surface area contributed by atoms with Crippen LogP contribution in [0.15, 0.2) is 53.5 Å².